The zero-order valence-electron chi connectivity index (χ0n) is 22.0. The summed E-state index contributed by atoms with van der Waals surface area (Å²) in [4.78, 5) is 14.6. The van der Waals surface area contributed by atoms with Crippen LogP contribution in [0.5, 0.6) is 0 Å². The van der Waals surface area contributed by atoms with Crippen LogP contribution in [0.1, 0.15) is 48.0 Å². The number of nitrogens with one attached hydrogen (secondary N) is 1. The number of alkyl halides is 3. The first-order valence-corrected chi connectivity index (χ1v) is 13.1. The van der Waals surface area contributed by atoms with E-state index >= 15 is 0 Å². The Morgan fingerprint density at radius 1 is 1.08 bits per heavy atom. The summed E-state index contributed by atoms with van der Waals surface area (Å²) in [6, 6.07) is 5.19. The number of hydrogen-bond acceptors (Lipinski definition) is 6. The highest BCUT2D eigenvalue weighted by Gasteiger charge is 2.36. The van der Waals surface area contributed by atoms with Crippen LogP contribution < -0.4 is 9.80 Å². The lowest BCUT2D eigenvalue weighted by atomic mass is 9.97. The molecule has 2 aliphatic heterocycles. The molecule has 1 unspecified atom stereocenters. The van der Waals surface area contributed by atoms with Crippen molar-refractivity contribution in [1.29, 1.82) is 0 Å². The van der Waals surface area contributed by atoms with E-state index in [1.54, 1.807) is 7.05 Å². The third kappa shape index (κ3) is 4.17. The summed E-state index contributed by atoms with van der Waals surface area (Å²) in [5, 5.41) is 12.3. The number of rotatable bonds is 3. The van der Waals surface area contributed by atoms with Crippen LogP contribution in [-0.4, -0.2) is 49.6 Å². The average molecular weight is 525 g/mol. The molecule has 1 N–H and O–H groups in total. The molecule has 0 bridgehead atoms. The van der Waals surface area contributed by atoms with Gasteiger partial charge < -0.3 is 9.80 Å². The Balaban J connectivity index is 1.48. The number of aromatic amines is 1. The first-order valence-electron chi connectivity index (χ1n) is 13.1. The highest BCUT2D eigenvalue weighted by Crippen LogP contribution is 2.38. The van der Waals surface area contributed by atoms with Crippen molar-refractivity contribution in [3.05, 3.63) is 46.4 Å². The number of H-pyrrole nitrogens is 1. The van der Waals surface area contributed by atoms with Crippen LogP contribution in [0.2, 0.25) is 0 Å². The van der Waals surface area contributed by atoms with Crippen LogP contribution in [0.25, 0.3) is 22.3 Å². The number of fused-ring (bicyclic) bond motifs is 2. The maximum absolute atomic E-state index is 13.4. The number of hydrogen-bond donors (Lipinski definition) is 1. The van der Waals surface area contributed by atoms with Gasteiger partial charge >= 0.3 is 6.18 Å². The number of anilines is 2. The van der Waals surface area contributed by atoms with Crippen LogP contribution >= 0.6 is 0 Å². The molecule has 0 saturated carbocycles. The molecule has 1 atom stereocenters. The molecule has 4 aromatic rings. The maximum atomic E-state index is 13.4. The fraction of sp³-hybridized carbons (Fsp3) is 0.481. The smallest absolute Gasteiger partial charge is 0.356 e. The van der Waals surface area contributed by atoms with Gasteiger partial charge in [0.1, 0.15) is 11.6 Å². The van der Waals surface area contributed by atoms with Crippen molar-refractivity contribution in [1.82, 2.24) is 29.9 Å². The molecule has 6 rings (SSSR count). The van der Waals surface area contributed by atoms with Gasteiger partial charge in [0.15, 0.2) is 11.5 Å². The Morgan fingerprint density at radius 3 is 2.63 bits per heavy atom. The highest BCUT2D eigenvalue weighted by atomic mass is 19.4. The van der Waals surface area contributed by atoms with Gasteiger partial charge in [-0.05, 0) is 44.2 Å². The molecule has 8 nitrogen and oxygen atoms in total. The van der Waals surface area contributed by atoms with Gasteiger partial charge in [0.05, 0.1) is 11.2 Å². The number of benzene rings is 1. The second-order valence-corrected chi connectivity index (χ2v) is 10.7. The van der Waals surface area contributed by atoms with Gasteiger partial charge in [0.2, 0.25) is 0 Å². The van der Waals surface area contributed by atoms with E-state index in [9.17, 15) is 13.2 Å². The van der Waals surface area contributed by atoms with Crippen molar-refractivity contribution in [2.75, 3.05) is 29.4 Å². The molecular formula is C27H31F3N8. The van der Waals surface area contributed by atoms with E-state index in [0.717, 1.165) is 70.4 Å². The monoisotopic (exact) mass is 524 g/mol. The fourth-order valence-corrected chi connectivity index (χ4v) is 5.90. The lowest BCUT2D eigenvalue weighted by Gasteiger charge is -2.37. The molecule has 0 radical (unpaired) electrons. The van der Waals surface area contributed by atoms with Crippen LogP contribution in [0.15, 0.2) is 18.2 Å². The molecule has 11 heteroatoms. The van der Waals surface area contributed by atoms with E-state index in [4.69, 9.17) is 9.97 Å². The van der Waals surface area contributed by atoms with Crippen molar-refractivity contribution in [3.8, 4) is 11.4 Å². The van der Waals surface area contributed by atoms with E-state index in [-0.39, 0.29) is 0 Å². The van der Waals surface area contributed by atoms with E-state index in [0.29, 0.717) is 37.1 Å². The quantitative estimate of drug-likeness (QED) is 0.398. The minimum atomic E-state index is -4.49. The molecule has 0 amide bonds. The number of aromatic nitrogens is 6. The normalized spacial score (nSPS) is 18.3. The standard InChI is InChI=1S/C27H31F3N8/c1-15-6-5-10-38(13-15)26-18-14-37(22-12-21(27(28,29)30)35-36(22)4)11-9-19(18)31-25(32-26)23-16(2)7-8-20-24(23)17(3)33-34-20/h7-8,12,15H,5-6,9-11,13-14H2,1-4H3,(H,33,34). The minimum absolute atomic E-state index is 0.431. The van der Waals surface area contributed by atoms with E-state index in [2.05, 4.69) is 34.0 Å². The summed E-state index contributed by atoms with van der Waals surface area (Å²) in [6.07, 6.45) is -1.64. The van der Waals surface area contributed by atoms with Crippen molar-refractivity contribution >= 4 is 22.5 Å². The fourth-order valence-electron chi connectivity index (χ4n) is 5.90. The second-order valence-electron chi connectivity index (χ2n) is 10.7. The third-order valence-corrected chi connectivity index (χ3v) is 7.80. The predicted octanol–water partition coefficient (Wildman–Crippen LogP) is 5.19. The summed E-state index contributed by atoms with van der Waals surface area (Å²) >= 11 is 0. The second kappa shape index (κ2) is 8.99. The van der Waals surface area contributed by atoms with Gasteiger partial charge in [-0.15, -0.1) is 0 Å². The summed E-state index contributed by atoms with van der Waals surface area (Å²) in [5.41, 5.74) is 4.96. The first-order chi connectivity index (χ1) is 18.1. The molecule has 200 valence electrons. The summed E-state index contributed by atoms with van der Waals surface area (Å²) < 4.78 is 41.4. The van der Waals surface area contributed by atoms with Gasteiger partial charge in [0, 0.05) is 67.9 Å². The molecule has 0 aliphatic carbocycles. The van der Waals surface area contributed by atoms with E-state index in [1.165, 1.54) is 11.1 Å². The molecular weight excluding hydrogens is 493 g/mol. The van der Waals surface area contributed by atoms with Gasteiger partial charge in [-0.1, -0.05) is 13.0 Å². The van der Waals surface area contributed by atoms with Gasteiger partial charge in [-0.25, -0.2) is 9.97 Å². The number of nitrogens with zero attached hydrogens (tertiary/aromatic N) is 7. The molecule has 1 fully saturated rings. The highest BCUT2D eigenvalue weighted by molar-refractivity contribution is 5.96. The Hall–Kier alpha value is -3.63. The lowest BCUT2D eigenvalue weighted by molar-refractivity contribution is -0.141. The van der Waals surface area contributed by atoms with Gasteiger partial charge in [0.25, 0.3) is 0 Å². The van der Waals surface area contributed by atoms with Gasteiger partial charge in [-0.3, -0.25) is 9.78 Å². The number of halogens is 3. The lowest BCUT2D eigenvalue weighted by Crippen LogP contribution is -2.39. The zero-order chi connectivity index (χ0) is 26.8. The van der Waals surface area contributed by atoms with Gasteiger partial charge in [-0.2, -0.15) is 23.4 Å². The summed E-state index contributed by atoms with van der Waals surface area (Å²) in [5.74, 6) is 2.54. The van der Waals surface area contributed by atoms with E-state index in [1.807, 2.05) is 24.0 Å². The first kappa shape index (κ1) is 24.7. The predicted molar refractivity (Wildman–Crippen MR) is 140 cm³/mol. The Kier molecular flexibility index (Phi) is 5.84. The SMILES string of the molecule is Cc1ccc2n[nH]c(C)c2c1-c1nc2c(c(N3CCCC(C)C3)n1)CN(c1cc(C(F)(F)F)nn1C)CC2. The molecule has 1 aromatic carbocycles. The third-order valence-electron chi connectivity index (χ3n) is 7.80. The van der Waals surface area contributed by atoms with Crippen molar-refractivity contribution in [2.24, 2.45) is 13.0 Å². The van der Waals surface area contributed by atoms with E-state index < -0.39 is 11.9 Å². The van der Waals surface area contributed by atoms with Crippen LogP contribution in [-0.2, 0) is 26.2 Å². The Labute approximate surface area is 218 Å². The molecule has 0 spiro atoms. The molecule has 38 heavy (non-hydrogen) atoms. The Bertz CT molecular complexity index is 1520. The summed E-state index contributed by atoms with van der Waals surface area (Å²) in [7, 11) is 1.56. The average Bonchev–Trinajstić information content (AvgIpc) is 3.46. The van der Waals surface area contributed by atoms with Crippen molar-refractivity contribution in [2.45, 2.75) is 52.8 Å². The molecule has 2 aliphatic rings. The molecule has 1 saturated heterocycles. The largest absolute Gasteiger partial charge is 0.435 e. The minimum Gasteiger partial charge on any atom is -0.356 e. The molecule has 3 aromatic heterocycles. The van der Waals surface area contributed by atoms with Crippen LogP contribution in [0, 0.1) is 19.8 Å². The summed E-state index contributed by atoms with van der Waals surface area (Å²) in [6.45, 7) is 9.08. The Morgan fingerprint density at radius 2 is 1.89 bits per heavy atom. The van der Waals surface area contributed by atoms with Crippen LogP contribution in [0.3, 0.4) is 0 Å². The number of piperidine rings is 1. The number of aryl methyl sites for hydroxylation is 3. The van der Waals surface area contributed by atoms with Crippen molar-refractivity contribution < 1.29 is 13.2 Å². The zero-order valence-corrected chi connectivity index (χ0v) is 22.0. The molecule has 5 heterocycles. The van der Waals surface area contributed by atoms with Crippen LogP contribution in [0.4, 0.5) is 24.8 Å². The maximum Gasteiger partial charge on any atom is 0.435 e. The van der Waals surface area contributed by atoms with Crippen molar-refractivity contribution in [3.63, 3.8) is 0 Å². The topological polar surface area (TPSA) is 78.8 Å².